The Labute approximate surface area is 125 Å². The lowest BCUT2D eigenvalue weighted by Gasteiger charge is -2.26. The molecular weight excluding hydrogens is 264 g/mol. The molecule has 2 aromatic rings. The van der Waals surface area contributed by atoms with Crippen LogP contribution in [0.3, 0.4) is 0 Å². The number of morpholine rings is 1. The van der Waals surface area contributed by atoms with Gasteiger partial charge >= 0.3 is 0 Å². The van der Waals surface area contributed by atoms with E-state index in [-0.39, 0.29) is 0 Å². The van der Waals surface area contributed by atoms with Crippen molar-refractivity contribution in [2.75, 3.05) is 31.6 Å². The van der Waals surface area contributed by atoms with Gasteiger partial charge in [-0.1, -0.05) is 12.1 Å². The smallest absolute Gasteiger partial charge is 0.133 e. The zero-order valence-electron chi connectivity index (χ0n) is 12.2. The molecule has 1 aromatic heterocycles. The maximum Gasteiger partial charge on any atom is 0.133 e. The van der Waals surface area contributed by atoms with Crippen LogP contribution in [-0.4, -0.2) is 41.2 Å². The molecule has 21 heavy (non-hydrogen) atoms. The molecule has 1 N–H and O–H groups in total. The van der Waals surface area contributed by atoms with Crippen LogP contribution in [0, 0.1) is 6.92 Å². The van der Waals surface area contributed by atoms with Crippen LogP contribution in [0.25, 0.3) is 0 Å². The van der Waals surface area contributed by atoms with Gasteiger partial charge in [-0.25, -0.2) is 9.97 Å². The molecule has 5 nitrogen and oxygen atoms in total. The van der Waals surface area contributed by atoms with Crippen LogP contribution in [0.2, 0.25) is 0 Å². The number of nitrogens with zero attached hydrogens (tertiary/aromatic N) is 3. The summed E-state index contributed by atoms with van der Waals surface area (Å²) in [6.45, 7) is 6.65. The molecule has 0 bridgehead atoms. The monoisotopic (exact) mass is 284 g/mol. The van der Waals surface area contributed by atoms with Gasteiger partial charge < -0.3 is 10.1 Å². The first kappa shape index (κ1) is 14.0. The quantitative estimate of drug-likeness (QED) is 0.934. The first-order valence-corrected chi connectivity index (χ1v) is 7.24. The lowest BCUT2D eigenvalue weighted by Crippen LogP contribution is -2.35. The first-order valence-electron chi connectivity index (χ1n) is 7.24. The molecule has 1 saturated heterocycles. The molecule has 0 spiro atoms. The van der Waals surface area contributed by atoms with Crippen molar-refractivity contribution >= 4 is 11.5 Å². The van der Waals surface area contributed by atoms with Gasteiger partial charge in [0.2, 0.25) is 0 Å². The zero-order chi connectivity index (χ0) is 14.5. The normalized spacial score (nSPS) is 15.9. The fraction of sp³-hybridized carbons (Fsp3) is 0.375. The van der Waals surface area contributed by atoms with Crippen LogP contribution in [0.1, 0.15) is 11.3 Å². The molecule has 1 aliphatic rings. The molecule has 1 aliphatic heterocycles. The molecule has 0 atom stereocenters. The Kier molecular flexibility index (Phi) is 4.43. The van der Waals surface area contributed by atoms with E-state index in [1.807, 2.05) is 13.0 Å². The average molecular weight is 284 g/mol. The fourth-order valence-electron chi connectivity index (χ4n) is 2.38. The second-order valence-corrected chi connectivity index (χ2v) is 5.26. The highest BCUT2D eigenvalue weighted by atomic mass is 16.5. The third-order valence-corrected chi connectivity index (χ3v) is 3.54. The summed E-state index contributed by atoms with van der Waals surface area (Å²) < 4.78 is 5.37. The van der Waals surface area contributed by atoms with Crippen LogP contribution in [0.15, 0.2) is 36.7 Å². The SMILES string of the molecule is Cc1cc(Nc2ccc(CN3CCOCC3)cc2)ncn1. The molecule has 110 valence electrons. The third kappa shape index (κ3) is 4.00. The van der Waals surface area contributed by atoms with Crippen molar-refractivity contribution in [1.29, 1.82) is 0 Å². The van der Waals surface area contributed by atoms with Gasteiger partial charge in [-0.3, -0.25) is 4.90 Å². The minimum atomic E-state index is 0.823. The van der Waals surface area contributed by atoms with Gasteiger partial charge in [0, 0.05) is 37.1 Å². The number of nitrogens with one attached hydrogen (secondary N) is 1. The number of anilines is 2. The second kappa shape index (κ2) is 6.65. The van der Waals surface area contributed by atoms with Crippen molar-refractivity contribution in [1.82, 2.24) is 14.9 Å². The van der Waals surface area contributed by atoms with Gasteiger partial charge in [0.15, 0.2) is 0 Å². The molecular formula is C16H20N4O. The standard InChI is InChI=1S/C16H20N4O/c1-13-10-16(18-12-17-13)19-15-4-2-14(3-5-15)11-20-6-8-21-9-7-20/h2-5,10,12H,6-9,11H2,1H3,(H,17,18,19). The number of benzene rings is 1. The van der Waals surface area contributed by atoms with Crippen LogP contribution in [0.4, 0.5) is 11.5 Å². The Morgan fingerprint density at radius 1 is 1.14 bits per heavy atom. The highest BCUT2D eigenvalue weighted by molar-refractivity contribution is 5.56. The lowest BCUT2D eigenvalue weighted by atomic mass is 10.2. The van der Waals surface area contributed by atoms with E-state index < -0.39 is 0 Å². The Balaban J connectivity index is 1.61. The van der Waals surface area contributed by atoms with E-state index >= 15 is 0 Å². The molecule has 0 radical (unpaired) electrons. The van der Waals surface area contributed by atoms with Gasteiger partial charge in [-0.2, -0.15) is 0 Å². The number of hydrogen-bond donors (Lipinski definition) is 1. The number of aryl methyl sites for hydroxylation is 1. The molecule has 0 unspecified atom stereocenters. The molecule has 5 heteroatoms. The summed E-state index contributed by atoms with van der Waals surface area (Å²) in [7, 11) is 0. The summed E-state index contributed by atoms with van der Waals surface area (Å²) in [5.74, 6) is 0.823. The predicted octanol–water partition coefficient (Wildman–Crippen LogP) is 2.36. The Morgan fingerprint density at radius 3 is 2.62 bits per heavy atom. The van der Waals surface area contributed by atoms with E-state index in [0.29, 0.717) is 0 Å². The first-order chi connectivity index (χ1) is 10.3. The van der Waals surface area contributed by atoms with Crippen molar-refractivity contribution in [2.45, 2.75) is 13.5 Å². The molecule has 0 aliphatic carbocycles. The Bertz CT molecular complexity index is 579. The van der Waals surface area contributed by atoms with Crippen LogP contribution < -0.4 is 5.32 Å². The fourth-order valence-corrected chi connectivity index (χ4v) is 2.38. The molecule has 1 aromatic carbocycles. The second-order valence-electron chi connectivity index (χ2n) is 5.26. The number of rotatable bonds is 4. The van der Waals surface area contributed by atoms with Gasteiger partial charge in [0.1, 0.15) is 12.1 Å². The summed E-state index contributed by atoms with van der Waals surface area (Å²) in [6, 6.07) is 10.4. The van der Waals surface area contributed by atoms with Gasteiger partial charge in [-0.15, -0.1) is 0 Å². The van der Waals surface area contributed by atoms with Gasteiger partial charge in [0.05, 0.1) is 13.2 Å². The summed E-state index contributed by atoms with van der Waals surface area (Å²) >= 11 is 0. The lowest BCUT2D eigenvalue weighted by molar-refractivity contribution is 0.0342. The van der Waals surface area contributed by atoms with Crippen molar-refractivity contribution in [3.05, 3.63) is 47.9 Å². The van der Waals surface area contributed by atoms with Crippen LogP contribution in [-0.2, 0) is 11.3 Å². The summed E-state index contributed by atoms with van der Waals surface area (Å²) in [5.41, 5.74) is 3.32. The molecule has 0 amide bonds. The summed E-state index contributed by atoms with van der Waals surface area (Å²) in [4.78, 5) is 10.7. The molecule has 3 rings (SSSR count). The van der Waals surface area contributed by atoms with E-state index in [9.17, 15) is 0 Å². The van der Waals surface area contributed by atoms with Crippen molar-refractivity contribution in [3.63, 3.8) is 0 Å². The van der Waals surface area contributed by atoms with Crippen molar-refractivity contribution in [3.8, 4) is 0 Å². The highest BCUT2D eigenvalue weighted by Crippen LogP contribution is 2.16. The van der Waals surface area contributed by atoms with E-state index in [4.69, 9.17) is 4.74 Å². The number of ether oxygens (including phenoxy) is 1. The number of aromatic nitrogens is 2. The average Bonchev–Trinajstić information content (AvgIpc) is 2.50. The van der Waals surface area contributed by atoms with Gasteiger partial charge in [-0.05, 0) is 24.6 Å². The van der Waals surface area contributed by atoms with E-state index in [0.717, 1.165) is 50.0 Å². The van der Waals surface area contributed by atoms with E-state index in [1.54, 1.807) is 6.33 Å². The minimum absolute atomic E-state index is 0.823. The predicted molar refractivity (Wildman–Crippen MR) is 82.6 cm³/mol. The minimum Gasteiger partial charge on any atom is -0.379 e. The summed E-state index contributed by atoms with van der Waals surface area (Å²) in [6.07, 6.45) is 1.57. The van der Waals surface area contributed by atoms with Crippen molar-refractivity contribution in [2.24, 2.45) is 0 Å². The molecule has 1 fully saturated rings. The molecule has 0 saturated carbocycles. The van der Waals surface area contributed by atoms with Crippen molar-refractivity contribution < 1.29 is 4.74 Å². The van der Waals surface area contributed by atoms with E-state index in [1.165, 1.54) is 5.56 Å². The molecule has 2 heterocycles. The van der Waals surface area contributed by atoms with Crippen LogP contribution >= 0.6 is 0 Å². The highest BCUT2D eigenvalue weighted by Gasteiger charge is 2.10. The van der Waals surface area contributed by atoms with Gasteiger partial charge in [0.25, 0.3) is 0 Å². The topological polar surface area (TPSA) is 50.3 Å². The van der Waals surface area contributed by atoms with Crippen LogP contribution in [0.5, 0.6) is 0 Å². The number of hydrogen-bond acceptors (Lipinski definition) is 5. The van der Waals surface area contributed by atoms with E-state index in [2.05, 4.69) is 44.5 Å². The Morgan fingerprint density at radius 2 is 1.90 bits per heavy atom. The third-order valence-electron chi connectivity index (χ3n) is 3.54. The summed E-state index contributed by atoms with van der Waals surface area (Å²) in [5, 5.41) is 3.29. The maximum absolute atomic E-state index is 5.37. The zero-order valence-corrected chi connectivity index (χ0v) is 12.2. The Hall–Kier alpha value is -1.98. The largest absolute Gasteiger partial charge is 0.379 e. The maximum atomic E-state index is 5.37.